The van der Waals surface area contributed by atoms with Crippen LogP contribution in [0.5, 0.6) is 0 Å². The van der Waals surface area contributed by atoms with E-state index in [0.29, 0.717) is 6.42 Å². The SMILES string of the molecule is CCC(C(=O)O)c1sc(C)nc1C. The van der Waals surface area contributed by atoms with E-state index in [1.807, 2.05) is 20.8 Å². The summed E-state index contributed by atoms with van der Waals surface area (Å²) in [5.74, 6) is -1.14. The molecular formula is C9H13NO2S. The van der Waals surface area contributed by atoms with Gasteiger partial charge in [0.15, 0.2) is 0 Å². The van der Waals surface area contributed by atoms with Gasteiger partial charge >= 0.3 is 5.97 Å². The summed E-state index contributed by atoms with van der Waals surface area (Å²) >= 11 is 1.48. The molecule has 1 aromatic heterocycles. The molecule has 4 heteroatoms. The molecule has 1 rings (SSSR count). The van der Waals surface area contributed by atoms with Crippen LogP contribution in [-0.2, 0) is 4.79 Å². The van der Waals surface area contributed by atoms with E-state index in [1.54, 1.807) is 0 Å². The van der Waals surface area contributed by atoms with E-state index in [1.165, 1.54) is 11.3 Å². The van der Waals surface area contributed by atoms with E-state index < -0.39 is 5.97 Å². The third-order valence-corrected chi connectivity index (χ3v) is 3.15. The lowest BCUT2D eigenvalue weighted by atomic mass is 10.0. The van der Waals surface area contributed by atoms with Gasteiger partial charge in [0.2, 0.25) is 0 Å². The summed E-state index contributed by atoms with van der Waals surface area (Å²) in [6.07, 6.45) is 0.623. The van der Waals surface area contributed by atoms with Gasteiger partial charge in [0, 0.05) is 4.88 Å². The largest absolute Gasteiger partial charge is 0.481 e. The summed E-state index contributed by atoms with van der Waals surface area (Å²) in [5, 5.41) is 9.88. The zero-order valence-corrected chi connectivity index (χ0v) is 8.81. The molecule has 72 valence electrons. The quantitative estimate of drug-likeness (QED) is 0.812. The van der Waals surface area contributed by atoms with Crippen LogP contribution < -0.4 is 0 Å². The van der Waals surface area contributed by atoms with E-state index in [0.717, 1.165) is 15.6 Å². The van der Waals surface area contributed by atoms with Gasteiger partial charge in [-0.15, -0.1) is 11.3 Å². The van der Waals surface area contributed by atoms with Gasteiger partial charge in [-0.2, -0.15) is 0 Å². The minimum Gasteiger partial charge on any atom is -0.481 e. The topological polar surface area (TPSA) is 50.2 Å². The Kier molecular flexibility index (Phi) is 3.03. The van der Waals surface area contributed by atoms with E-state index in [4.69, 9.17) is 5.11 Å². The Hall–Kier alpha value is -0.900. The molecule has 0 amide bonds. The molecule has 0 bridgehead atoms. The number of thiazole rings is 1. The van der Waals surface area contributed by atoms with Crippen molar-refractivity contribution in [2.75, 3.05) is 0 Å². The Morgan fingerprint density at radius 1 is 1.62 bits per heavy atom. The number of rotatable bonds is 3. The normalized spacial score (nSPS) is 12.8. The highest BCUT2D eigenvalue weighted by Gasteiger charge is 2.22. The first kappa shape index (κ1) is 10.2. The molecule has 0 fully saturated rings. The van der Waals surface area contributed by atoms with Gasteiger partial charge in [0.1, 0.15) is 0 Å². The standard InChI is InChI=1S/C9H13NO2S/c1-4-7(9(11)12)8-5(2)10-6(3)13-8/h7H,4H2,1-3H3,(H,11,12). The predicted molar refractivity (Wildman–Crippen MR) is 52.3 cm³/mol. The van der Waals surface area contributed by atoms with Gasteiger partial charge in [-0.1, -0.05) is 6.92 Å². The molecule has 1 unspecified atom stereocenters. The molecule has 1 heterocycles. The molecular weight excluding hydrogens is 186 g/mol. The highest BCUT2D eigenvalue weighted by Crippen LogP contribution is 2.28. The fraction of sp³-hybridized carbons (Fsp3) is 0.556. The lowest BCUT2D eigenvalue weighted by Crippen LogP contribution is -2.09. The smallest absolute Gasteiger partial charge is 0.311 e. The van der Waals surface area contributed by atoms with Gasteiger partial charge in [0.25, 0.3) is 0 Å². The zero-order valence-electron chi connectivity index (χ0n) is 8.00. The second-order valence-electron chi connectivity index (χ2n) is 2.98. The van der Waals surface area contributed by atoms with E-state index in [9.17, 15) is 4.79 Å². The van der Waals surface area contributed by atoms with Gasteiger partial charge in [0.05, 0.1) is 16.6 Å². The maximum Gasteiger partial charge on any atom is 0.311 e. The molecule has 0 radical (unpaired) electrons. The third-order valence-electron chi connectivity index (χ3n) is 1.96. The van der Waals surface area contributed by atoms with Crippen LogP contribution in [0.2, 0.25) is 0 Å². The number of hydrogen-bond donors (Lipinski definition) is 1. The Labute approximate surface area is 81.4 Å². The van der Waals surface area contributed by atoms with Crippen molar-refractivity contribution in [1.29, 1.82) is 0 Å². The second kappa shape index (κ2) is 3.87. The van der Waals surface area contributed by atoms with Gasteiger partial charge < -0.3 is 5.11 Å². The lowest BCUT2D eigenvalue weighted by Gasteiger charge is -2.06. The number of aromatic nitrogens is 1. The van der Waals surface area contributed by atoms with Crippen LogP contribution in [0.1, 0.15) is 34.8 Å². The molecule has 1 atom stereocenters. The lowest BCUT2D eigenvalue weighted by molar-refractivity contribution is -0.138. The minimum atomic E-state index is -0.755. The molecule has 0 aromatic carbocycles. The van der Waals surface area contributed by atoms with E-state index >= 15 is 0 Å². The molecule has 0 spiro atoms. The molecule has 0 aliphatic heterocycles. The Morgan fingerprint density at radius 3 is 2.54 bits per heavy atom. The number of hydrogen-bond acceptors (Lipinski definition) is 3. The van der Waals surface area contributed by atoms with Crippen LogP contribution in [0.3, 0.4) is 0 Å². The number of aryl methyl sites for hydroxylation is 2. The molecule has 0 saturated heterocycles. The highest BCUT2D eigenvalue weighted by atomic mass is 32.1. The van der Waals surface area contributed by atoms with Crippen molar-refractivity contribution in [1.82, 2.24) is 4.98 Å². The first-order valence-electron chi connectivity index (χ1n) is 4.23. The van der Waals surface area contributed by atoms with Crippen molar-refractivity contribution < 1.29 is 9.90 Å². The van der Waals surface area contributed by atoms with Crippen molar-refractivity contribution in [3.63, 3.8) is 0 Å². The van der Waals surface area contributed by atoms with Crippen molar-refractivity contribution in [3.05, 3.63) is 15.6 Å². The van der Waals surface area contributed by atoms with Crippen molar-refractivity contribution in [2.45, 2.75) is 33.1 Å². The fourth-order valence-corrected chi connectivity index (χ4v) is 2.45. The van der Waals surface area contributed by atoms with Crippen LogP contribution in [0.4, 0.5) is 0 Å². The fourth-order valence-electron chi connectivity index (χ4n) is 1.34. The second-order valence-corrected chi connectivity index (χ2v) is 4.22. The van der Waals surface area contributed by atoms with E-state index in [2.05, 4.69) is 4.98 Å². The predicted octanol–water partition coefficient (Wildman–Crippen LogP) is 2.34. The number of nitrogens with zero attached hydrogens (tertiary/aromatic N) is 1. The Balaban J connectivity index is 3.04. The van der Waals surface area contributed by atoms with Gasteiger partial charge in [-0.05, 0) is 20.3 Å². The molecule has 1 aromatic rings. The molecule has 3 nitrogen and oxygen atoms in total. The third kappa shape index (κ3) is 2.06. The first-order valence-corrected chi connectivity index (χ1v) is 5.04. The first-order chi connectivity index (χ1) is 6.06. The van der Waals surface area contributed by atoms with Crippen molar-refractivity contribution in [3.8, 4) is 0 Å². The molecule has 0 aliphatic rings. The summed E-state index contributed by atoms with van der Waals surface area (Å²) in [7, 11) is 0. The molecule has 0 saturated carbocycles. The number of aliphatic carboxylic acids is 1. The zero-order chi connectivity index (χ0) is 10.0. The molecule has 13 heavy (non-hydrogen) atoms. The summed E-state index contributed by atoms with van der Waals surface area (Å²) in [6, 6.07) is 0. The van der Waals surface area contributed by atoms with Crippen molar-refractivity contribution >= 4 is 17.3 Å². The average Bonchev–Trinajstić information content (AvgIpc) is 2.31. The average molecular weight is 199 g/mol. The highest BCUT2D eigenvalue weighted by molar-refractivity contribution is 7.11. The summed E-state index contributed by atoms with van der Waals surface area (Å²) in [5.41, 5.74) is 0.858. The van der Waals surface area contributed by atoms with E-state index in [-0.39, 0.29) is 5.92 Å². The van der Waals surface area contributed by atoms with Gasteiger partial charge in [-0.25, -0.2) is 4.98 Å². The number of carboxylic acids is 1. The van der Waals surface area contributed by atoms with Crippen LogP contribution in [0.15, 0.2) is 0 Å². The van der Waals surface area contributed by atoms with Crippen LogP contribution in [0, 0.1) is 13.8 Å². The van der Waals surface area contributed by atoms with Crippen molar-refractivity contribution in [2.24, 2.45) is 0 Å². The molecule has 1 N–H and O–H groups in total. The summed E-state index contributed by atoms with van der Waals surface area (Å²) < 4.78 is 0. The monoisotopic (exact) mass is 199 g/mol. The Morgan fingerprint density at radius 2 is 2.23 bits per heavy atom. The Bertz CT molecular complexity index is 319. The van der Waals surface area contributed by atoms with Gasteiger partial charge in [-0.3, -0.25) is 4.79 Å². The maximum absolute atomic E-state index is 10.9. The summed E-state index contributed by atoms with van der Waals surface area (Å²) in [4.78, 5) is 16.0. The maximum atomic E-state index is 10.9. The summed E-state index contributed by atoms with van der Waals surface area (Å²) in [6.45, 7) is 5.65. The van der Waals surface area contributed by atoms with Crippen LogP contribution >= 0.6 is 11.3 Å². The molecule has 0 aliphatic carbocycles. The van der Waals surface area contributed by atoms with Crippen LogP contribution in [0.25, 0.3) is 0 Å². The number of carbonyl (C=O) groups is 1. The van der Waals surface area contributed by atoms with Crippen LogP contribution in [-0.4, -0.2) is 16.1 Å². The number of carboxylic acid groups (broad SMARTS) is 1. The minimum absolute atomic E-state index is 0.383.